The van der Waals surface area contributed by atoms with Gasteiger partial charge in [0, 0.05) is 83.2 Å². The van der Waals surface area contributed by atoms with Crippen molar-refractivity contribution in [1.82, 2.24) is 60.1 Å². The lowest BCUT2D eigenvalue weighted by atomic mass is 9.95. The van der Waals surface area contributed by atoms with Crippen LogP contribution in [0.4, 0.5) is 30.7 Å². The number of rotatable bonds is 19. The molecule has 0 spiro atoms. The third-order valence-electron chi connectivity index (χ3n) is 23.9. The first-order valence-corrected chi connectivity index (χ1v) is 53.7. The van der Waals surface area contributed by atoms with Gasteiger partial charge in [-0.15, -0.1) is 113 Å². The number of anilines is 6. The van der Waals surface area contributed by atoms with E-state index in [-0.39, 0.29) is 71.2 Å². The van der Waals surface area contributed by atoms with Crippen molar-refractivity contribution in [2.45, 2.75) is 83.7 Å². The maximum atomic E-state index is 13.1. The number of hydrogen-bond donors (Lipinski definition) is 7. The fourth-order valence-electron chi connectivity index (χ4n) is 16.2. The van der Waals surface area contributed by atoms with Gasteiger partial charge in [0.05, 0.1) is 78.9 Å². The van der Waals surface area contributed by atoms with Crippen molar-refractivity contribution < 1.29 is 47.9 Å². The minimum Gasteiger partial charge on any atom is -0.368 e. The van der Waals surface area contributed by atoms with E-state index in [2.05, 4.69) is 110 Å². The molecule has 4 aliphatic heterocycles. The predicted molar refractivity (Wildman–Crippen MR) is 559 cm³/mol. The summed E-state index contributed by atoms with van der Waals surface area (Å²) in [6, 6.07) is 57.8. The Labute approximate surface area is 830 Å². The first-order chi connectivity index (χ1) is 66.8. The molecule has 6 aromatic carbocycles. The molecule has 137 heavy (non-hydrogen) atoms. The Kier molecular flexibility index (Phi) is 32.2. The lowest BCUT2D eigenvalue weighted by molar-refractivity contribution is 0.0643. The maximum absolute atomic E-state index is 13.1. The third-order valence-corrected chi connectivity index (χ3v) is 33.3. The molecule has 10 amide bonds. The van der Waals surface area contributed by atoms with Gasteiger partial charge < -0.3 is 66.6 Å². The number of carbonyl (C=O) groups is 10. The quantitative estimate of drug-likeness (QED) is 0.0395. The van der Waals surface area contributed by atoms with Gasteiger partial charge in [-0.2, -0.15) is 0 Å². The SMILES string of the molecule is CC1CCN(C(=O)c2ccsc2NC(=O)c2nc3ccccc3s2)CC1.CCN1CCN(C(=O)c2ccsc2NC(=O)c2nc3ccccc3s2)CC1.CN1CCC(NC(=O)c2ccsc2NC(=O)c2nc3ccccc3s2)CC1.O=C(Nc1sccc1C(=O)N1CCN(c2ccccc2)CC1)c1nc2ccccc2s1.O=C(Nc1sccc1C(=O)NC1CCCCC1)c1nc2ccccc2s1. The highest BCUT2D eigenvalue weighted by Gasteiger charge is 2.32. The zero-order valence-corrected chi connectivity index (χ0v) is 83.2. The first-order valence-electron chi connectivity index (χ1n) is 45.2. The molecule has 38 heteroatoms. The second kappa shape index (κ2) is 45.8. The summed E-state index contributed by atoms with van der Waals surface area (Å²) < 4.78 is 4.85. The number of nitrogens with one attached hydrogen (secondary N) is 7. The number of aromatic nitrogens is 5. The lowest BCUT2D eigenvalue weighted by Crippen LogP contribution is -2.48. The van der Waals surface area contributed by atoms with Crippen molar-refractivity contribution in [3.05, 3.63) is 262 Å². The van der Waals surface area contributed by atoms with E-state index < -0.39 is 0 Å². The number of piperidine rings is 2. The van der Waals surface area contributed by atoms with Gasteiger partial charge in [-0.05, 0) is 201 Å². The van der Waals surface area contributed by atoms with E-state index in [0.29, 0.717) is 110 Å². The Hall–Kier alpha value is -12.3. The van der Waals surface area contributed by atoms with Crippen molar-refractivity contribution in [2.75, 3.05) is 124 Å². The molecule has 5 aliphatic rings. The molecular formula is C99H98N18O10S10. The van der Waals surface area contributed by atoms with Gasteiger partial charge in [0.1, 0.15) is 25.0 Å². The second-order valence-corrected chi connectivity index (χ2v) is 42.9. The number of likely N-dealkylation sites (tertiary alicyclic amines) is 2. The van der Waals surface area contributed by atoms with Crippen molar-refractivity contribution in [3.8, 4) is 0 Å². The van der Waals surface area contributed by atoms with Crippen LogP contribution < -0.4 is 42.1 Å². The average molecular weight is 2020 g/mol. The second-order valence-electron chi connectivity index (χ2n) is 33.2. The van der Waals surface area contributed by atoms with Gasteiger partial charge in [-0.3, -0.25) is 47.9 Å². The molecule has 14 heterocycles. The molecule has 4 saturated heterocycles. The fourth-order valence-corrected chi connectivity index (χ4v) is 24.4. The summed E-state index contributed by atoms with van der Waals surface area (Å²) in [6.45, 7) is 14.9. The summed E-state index contributed by atoms with van der Waals surface area (Å²) in [7, 11) is 2.09. The number of para-hydroxylation sites is 6. The molecule has 1 saturated carbocycles. The standard InChI is InChI=1S/C23H20N4O2S2.2C19H20N4O2S2.2C19H19N3O2S2/c28-20(22-24-18-8-4-5-9-19(18)31-22)25-21-17(10-15-30-21)23(29)27-13-11-26(12-14-27)16-6-2-1-3-7-16;1-23-9-6-12(7-10-23)20-16(24)13-8-11-26-18(13)22-17(25)19-21-14-4-2-3-5-15(14)27-19;1-2-22-8-10-23(11-9-22)19(25)13-7-12-26-17(13)21-16(24)18-20-14-5-3-4-6-15(14)27-18;1-12-6-9-22(10-7-12)19(24)13-8-11-25-17(13)21-16(23)18-20-14-4-2-3-5-15(14)26-18;23-16(20-12-6-2-1-3-7-12)13-10-11-25-18(13)22-17(24)19-21-14-8-4-5-9-15(14)26-19/h1-10,15H,11-14H2,(H,25,28);2-5,8,11-12H,6-7,9-10H2,1H3,(H,20,24)(H,22,25);3-7,12H,2,8-11H2,1H3,(H,21,24);2-5,8,11-12H,6-7,9-10H2,1H3,(H,21,23);4-5,8-12H,1-3,6-7H2,(H,20,23)(H,22,24). The predicted octanol–water partition coefficient (Wildman–Crippen LogP) is 20.5. The Morgan fingerprint density at radius 1 is 0.307 bits per heavy atom. The smallest absolute Gasteiger partial charge is 0.285 e. The number of hydrogen-bond acceptors (Lipinski definition) is 28. The molecule has 28 nitrogen and oxygen atoms in total. The number of piperazine rings is 2. The summed E-state index contributed by atoms with van der Waals surface area (Å²) in [5.41, 5.74) is 7.90. The molecule has 5 fully saturated rings. The van der Waals surface area contributed by atoms with Crippen LogP contribution in [0, 0.1) is 5.92 Å². The Morgan fingerprint density at radius 3 is 0.912 bits per heavy atom. The molecule has 0 atom stereocenters. The van der Waals surface area contributed by atoms with E-state index in [4.69, 9.17) is 0 Å². The summed E-state index contributed by atoms with van der Waals surface area (Å²) in [4.78, 5) is 162. The van der Waals surface area contributed by atoms with Crippen LogP contribution in [0.1, 0.15) is 172 Å². The Balaban J connectivity index is 0.000000119. The zero-order valence-electron chi connectivity index (χ0n) is 75.1. The molecule has 704 valence electrons. The lowest BCUT2D eigenvalue weighted by Gasteiger charge is -2.36. The van der Waals surface area contributed by atoms with Crippen LogP contribution in [-0.2, 0) is 0 Å². The number of thiazole rings is 5. The summed E-state index contributed by atoms with van der Waals surface area (Å²) in [5.74, 6) is -1.04. The number of fused-ring (bicyclic) bond motifs is 5. The van der Waals surface area contributed by atoms with E-state index in [9.17, 15) is 47.9 Å². The van der Waals surface area contributed by atoms with Crippen LogP contribution in [0.3, 0.4) is 0 Å². The zero-order chi connectivity index (χ0) is 94.8. The van der Waals surface area contributed by atoms with E-state index in [1.54, 1.807) is 30.3 Å². The van der Waals surface area contributed by atoms with Crippen LogP contribution in [0.15, 0.2) is 209 Å². The van der Waals surface area contributed by atoms with Crippen LogP contribution >= 0.6 is 113 Å². The van der Waals surface area contributed by atoms with Gasteiger partial charge in [0.25, 0.3) is 59.1 Å². The van der Waals surface area contributed by atoms with Crippen molar-refractivity contribution in [3.63, 3.8) is 0 Å². The summed E-state index contributed by atoms with van der Waals surface area (Å²) >= 11 is 13.5. The molecule has 0 radical (unpaired) electrons. The van der Waals surface area contributed by atoms with Crippen molar-refractivity contribution in [2.24, 2.45) is 5.92 Å². The number of thiophene rings is 5. The van der Waals surface area contributed by atoms with Gasteiger partial charge in [-0.1, -0.05) is 112 Å². The monoisotopic (exact) mass is 2020 g/mol. The Bertz CT molecular complexity index is 6800. The fraction of sp³-hybridized carbons (Fsp3) is 0.283. The first kappa shape index (κ1) is 96.4. The molecule has 10 aromatic heterocycles. The maximum Gasteiger partial charge on any atom is 0.285 e. The van der Waals surface area contributed by atoms with E-state index in [0.717, 1.165) is 161 Å². The van der Waals surface area contributed by atoms with Gasteiger partial charge in [0.2, 0.25) is 0 Å². The largest absolute Gasteiger partial charge is 0.368 e. The number of carbonyl (C=O) groups excluding carboxylic acids is 10. The van der Waals surface area contributed by atoms with Crippen LogP contribution in [0.25, 0.3) is 51.1 Å². The summed E-state index contributed by atoms with van der Waals surface area (Å²) in [5, 5.41) is 34.6. The normalized spacial score (nSPS) is 15.1. The molecule has 0 unspecified atom stereocenters. The number of nitrogens with zero attached hydrogens (tertiary/aromatic N) is 11. The van der Waals surface area contributed by atoms with Crippen LogP contribution in [0.2, 0.25) is 0 Å². The van der Waals surface area contributed by atoms with Crippen LogP contribution in [0.5, 0.6) is 0 Å². The number of amides is 10. The topological polar surface area (TPSA) is 339 Å². The van der Waals surface area contributed by atoms with Gasteiger partial charge in [-0.25, -0.2) is 24.9 Å². The molecule has 7 N–H and O–H groups in total. The minimum atomic E-state index is -0.286. The highest BCUT2D eigenvalue weighted by Crippen LogP contribution is 2.36. The van der Waals surface area contributed by atoms with E-state index in [1.165, 1.54) is 125 Å². The molecule has 1 aliphatic carbocycles. The van der Waals surface area contributed by atoms with Crippen LogP contribution in [-0.4, -0.2) is 213 Å². The number of likely N-dealkylation sites (N-methyl/N-ethyl adjacent to an activating group) is 1. The average Bonchev–Trinajstić information content (AvgIpc) is 1.70. The highest BCUT2D eigenvalue weighted by molar-refractivity contribution is 7.23. The molecule has 0 bridgehead atoms. The van der Waals surface area contributed by atoms with E-state index >= 15 is 0 Å². The highest BCUT2D eigenvalue weighted by atomic mass is 32.1. The molecular weight excluding hydrogens is 1920 g/mol. The van der Waals surface area contributed by atoms with Gasteiger partial charge in [0.15, 0.2) is 25.0 Å². The molecule has 16 aromatic rings. The minimum absolute atomic E-state index is 0.00208. The van der Waals surface area contributed by atoms with Gasteiger partial charge >= 0.3 is 0 Å². The van der Waals surface area contributed by atoms with Crippen molar-refractivity contribution in [1.29, 1.82) is 0 Å². The Morgan fingerprint density at radius 2 is 0.591 bits per heavy atom. The summed E-state index contributed by atoms with van der Waals surface area (Å²) in [6.07, 6.45) is 9.58. The third kappa shape index (κ3) is 24.3. The van der Waals surface area contributed by atoms with E-state index in [1.807, 2.05) is 181 Å². The van der Waals surface area contributed by atoms with Crippen molar-refractivity contribution >= 4 is 254 Å². The number of benzene rings is 6. The molecule has 21 rings (SSSR count).